The third kappa shape index (κ3) is 5.40. The number of ketones is 1. The molecule has 3 aliphatic rings. The van der Waals surface area contributed by atoms with E-state index >= 15 is 0 Å². The molecule has 1 unspecified atom stereocenters. The summed E-state index contributed by atoms with van der Waals surface area (Å²) in [6.45, 7) is 8.14. The first-order valence-electron chi connectivity index (χ1n) is 11.7. The van der Waals surface area contributed by atoms with Crippen LogP contribution in [0, 0.1) is 5.41 Å². The zero-order valence-electron chi connectivity index (χ0n) is 19.7. The Bertz CT molecular complexity index is 1030. The van der Waals surface area contributed by atoms with Crippen molar-refractivity contribution in [3.8, 4) is 0 Å². The van der Waals surface area contributed by atoms with Crippen LogP contribution >= 0.6 is 11.6 Å². The fourth-order valence-corrected chi connectivity index (χ4v) is 4.99. The van der Waals surface area contributed by atoms with Crippen molar-refractivity contribution in [3.63, 3.8) is 0 Å². The van der Waals surface area contributed by atoms with E-state index in [1.54, 1.807) is 24.3 Å². The van der Waals surface area contributed by atoms with Crippen LogP contribution in [0.2, 0.25) is 5.02 Å². The molecule has 1 atom stereocenters. The molecular weight excluding hydrogens is 456 g/mol. The number of imide groups is 1. The summed E-state index contributed by atoms with van der Waals surface area (Å²) < 4.78 is 0. The standard InChI is InChI=1S/C25H31ClN4O4/c1-25(2)14-21(31)19(22(32)15-25)16-27-7-8-28-9-11-29(12-10-28)20-13-23(33)30(24(20)34)18-5-3-17(26)4-6-18/h3-6,16,20,31H,7-15H2,1-2H3. The second kappa shape index (κ2) is 9.98. The Kier molecular flexibility index (Phi) is 7.21. The van der Waals surface area contributed by atoms with Crippen LogP contribution in [-0.4, -0.2) is 84.0 Å². The van der Waals surface area contributed by atoms with Crippen LogP contribution < -0.4 is 4.90 Å². The number of nitrogens with zero attached hydrogens (tertiary/aromatic N) is 4. The summed E-state index contributed by atoms with van der Waals surface area (Å²) in [5, 5.41) is 10.7. The van der Waals surface area contributed by atoms with Crippen LogP contribution in [0.25, 0.3) is 0 Å². The highest BCUT2D eigenvalue weighted by Crippen LogP contribution is 2.35. The average molecular weight is 487 g/mol. The lowest BCUT2D eigenvalue weighted by Crippen LogP contribution is -2.52. The first-order valence-corrected chi connectivity index (χ1v) is 12.1. The third-order valence-corrected chi connectivity index (χ3v) is 6.97. The van der Waals surface area contributed by atoms with Gasteiger partial charge in [0.1, 0.15) is 5.76 Å². The molecule has 2 amide bonds. The molecule has 0 radical (unpaired) electrons. The van der Waals surface area contributed by atoms with Crippen LogP contribution in [0.4, 0.5) is 5.69 Å². The molecule has 1 N–H and O–H groups in total. The van der Waals surface area contributed by atoms with Crippen molar-refractivity contribution < 1.29 is 19.5 Å². The average Bonchev–Trinajstić information content (AvgIpc) is 3.07. The van der Waals surface area contributed by atoms with Crippen molar-refractivity contribution in [2.24, 2.45) is 10.4 Å². The minimum Gasteiger partial charge on any atom is -0.511 e. The molecule has 1 aromatic carbocycles. The lowest BCUT2D eigenvalue weighted by molar-refractivity contribution is -0.123. The van der Waals surface area contributed by atoms with E-state index in [0.717, 1.165) is 19.6 Å². The second-order valence-electron chi connectivity index (χ2n) is 9.98. The van der Waals surface area contributed by atoms with Crippen molar-refractivity contribution in [3.05, 3.63) is 40.6 Å². The zero-order chi connectivity index (χ0) is 24.5. The van der Waals surface area contributed by atoms with E-state index in [1.807, 2.05) is 13.8 Å². The Hall–Kier alpha value is -2.55. The minimum absolute atomic E-state index is 0.0606. The van der Waals surface area contributed by atoms with Gasteiger partial charge in [-0.1, -0.05) is 25.4 Å². The van der Waals surface area contributed by atoms with E-state index in [-0.39, 0.29) is 35.2 Å². The van der Waals surface area contributed by atoms with Gasteiger partial charge in [0.15, 0.2) is 5.78 Å². The van der Waals surface area contributed by atoms with Gasteiger partial charge in [-0.05, 0) is 29.7 Å². The zero-order valence-corrected chi connectivity index (χ0v) is 20.4. The van der Waals surface area contributed by atoms with E-state index in [1.165, 1.54) is 11.1 Å². The maximum Gasteiger partial charge on any atom is 0.251 e. The molecular formula is C25H31ClN4O4. The first kappa shape index (κ1) is 24.6. The lowest BCUT2D eigenvalue weighted by atomic mass is 9.77. The highest BCUT2D eigenvalue weighted by atomic mass is 35.5. The fourth-order valence-electron chi connectivity index (χ4n) is 4.86. The normalized spacial score (nSPS) is 24.6. The van der Waals surface area contributed by atoms with Crippen molar-refractivity contribution in [1.29, 1.82) is 0 Å². The number of hydrogen-bond acceptors (Lipinski definition) is 7. The van der Waals surface area contributed by atoms with Crippen molar-refractivity contribution >= 4 is 41.1 Å². The van der Waals surface area contributed by atoms with Gasteiger partial charge in [-0.25, -0.2) is 4.90 Å². The number of piperazine rings is 1. The van der Waals surface area contributed by atoms with Crippen molar-refractivity contribution in [1.82, 2.24) is 9.80 Å². The number of amides is 2. The van der Waals surface area contributed by atoms with Crippen molar-refractivity contribution in [2.45, 2.75) is 39.2 Å². The van der Waals surface area contributed by atoms with E-state index in [0.29, 0.717) is 48.8 Å². The molecule has 9 heteroatoms. The van der Waals surface area contributed by atoms with Gasteiger partial charge >= 0.3 is 0 Å². The number of aliphatic hydroxyl groups is 1. The Morgan fingerprint density at radius 1 is 1.09 bits per heavy atom. The molecule has 8 nitrogen and oxygen atoms in total. The largest absolute Gasteiger partial charge is 0.511 e. The van der Waals surface area contributed by atoms with Gasteiger partial charge < -0.3 is 5.11 Å². The van der Waals surface area contributed by atoms with E-state index in [2.05, 4.69) is 14.8 Å². The number of aliphatic imine (C=N–C) groups is 1. The number of aliphatic hydroxyl groups excluding tert-OH is 1. The quantitative estimate of drug-likeness (QED) is 0.491. The van der Waals surface area contributed by atoms with Crippen LogP contribution in [0.1, 0.15) is 33.1 Å². The predicted octanol–water partition coefficient (Wildman–Crippen LogP) is 2.86. The van der Waals surface area contributed by atoms with Gasteiger partial charge in [-0.15, -0.1) is 0 Å². The van der Waals surface area contributed by atoms with Crippen LogP contribution in [0.3, 0.4) is 0 Å². The first-order chi connectivity index (χ1) is 16.1. The maximum atomic E-state index is 13.0. The highest BCUT2D eigenvalue weighted by Gasteiger charge is 2.43. The molecule has 0 spiro atoms. The molecule has 1 aromatic rings. The van der Waals surface area contributed by atoms with Gasteiger partial charge in [0.05, 0.1) is 30.3 Å². The number of Topliss-reactive ketones (excluding diaryl/α,β-unsaturated/α-hetero) is 1. The molecule has 34 heavy (non-hydrogen) atoms. The summed E-state index contributed by atoms with van der Waals surface area (Å²) in [5.74, 6) is -0.303. The number of halogens is 1. The third-order valence-electron chi connectivity index (χ3n) is 6.72. The number of carbonyl (C=O) groups is 3. The molecule has 2 aliphatic heterocycles. The smallest absolute Gasteiger partial charge is 0.251 e. The van der Waals surface area contributed by atoms with Gasteiger partial charge in [-0.2, -0.15) is 0 Å². The minimum atomic E-state index is -0.431. The Labute approximate surface area is 204 Å². The van der Waals surface area contributed by atoms with Crippen molar-refractivity contribution in [2.75, 3.05) is 44.2 Å². The molecule has 0 saturated carbocycles. The summed E-state index contributed by atoms with van der Waals surface area (Å²) in [4.78, 5) is 47.8. The summed E-state index contributed by atoms with van der Waals surface area (Å²) in [6, 6.07) is 6.30. The highest BCUT2D eigenvalue weighted by molar-refractivity contribution is 6.30. The van der Waals surface area contributed by atoms with E-state index in [9.17, 15) is 19.5 Å². The molecule has 2 heterocycles. The van der Waals surface area contributed by atoms with Gasteiger partial charge in [0.2, 0.25) is 5.91 Å². The Morgan fingerprint density at radius 3 is 2.41 bits per heavy atom. The van der Waals surface area contributed by atoms with Gasteiger partial charge in [0.25, 0.3) is 5.91 Å². The fraction of sp³-hybridized carbons (Fsp3) is 0.520. The summed E-state index contributed by atoms with van der Waals surface area (Å²) >= 11 is 5.92. The van der Waals surface area contributed by atoms with Gasteiger partial charge in [0, 0.05) is 56.8 Å². The predicted molar refractivity (Wildman–Crippen MR) is 131 cm³/mol. The molecule has 182 valence electrons. The number of benzene rings is 1. The van der Waals surface area contributed by atoms with Crippen LogP contribution in [-0.2, 0) is 14.4 Å². The number of allylic oxidation sites excluding steroid dienone is 2. The number of carbonyl (C=O) groups excluding carboxylic acids is 3. The van der Waals surface area contributed by atoms with Crippen LogP contribution in [0.5, 0.6) is 0 Å². The Morgan fingerprint density at radius 2 is 1.76 bits per heavy atom. The summed E-state index contributed by atoms with van der Waals surface area (Å²) in [5.41, 5.74) is 0.674. The summed E-state index contributed by atoms with van der Waals surface area (Å²) in [7, 11) is 0. The SMILES string of the molecule is CC1(C)CC(=O)C(C=NCCN2CCN(C3CC(=O)N(c4ccc(Cl)cc4)C3=O)CC2)=C(O)C1. The number of anilines is 1. The second-order valence-corrected chi connectivity index (χ2v) is 10.4. The maximum absolute atomic E-state index is 13.0. The molecule has 2 fully saturated rings. The molecule has 0 bridgehead atoms. The van der Waals surface area contributed by atoms with Gasteiger partial charge in [-0.3, -0.25) is 29.2 Å². The molecule has 2 saturated heterocycles. The Balaban J connectivity index is 1.26. The lowest BCUT2D eigenvalue weighted by Gasteiger charge is -2.36. The number of rotatable bonds is 6. The monoisotopic (exact) mass is 486 g/mol. The van der Waals surface area contributed by atoms with Crippen LogP contribution in [0.15, 0.2) is 40.6 Å². The molecule has 4 rings (SSSR count). The van der Waals surface area contributed by atoms with E-state index < -0.39 is 6.04 Å². The number of hydrogen-bond donors (Lipinski definition) is 1. The van der Waals surface area contributed by atoms with E-state index in [4.69, 9.17) is 11.6 Å². The summed E-state index contributed by atoms with van der Waals surface area (Å²) in [6.07, 6.45) is 2.60. The molecule has 1 aliphatic carbocycles. The topological polar surface area (TPSA) is 93.5 Å². The molecule has 0 aromatic heterocycles.